The van der Waals surface area contributed by atoms with Crippen molar-refractivity contribution in [2.45, 2.75) is 19.3 Å². The lowest BCUT2D eigenvalue weighted by molar-refractivity contribution is 0.660. The largest absolute Gasteiger partial charge is 0.0619 e. The van der Waals surface area contributed by atoms with E-state index in [2.05, 4.69) is 184 Å². The Kier molecular flexibility index (Phi) is 6.02. The van der Waals surface area contributed by atoms with Crippen LogP contribution in [0.2, 0.25) is 0 Å². The van der Waals surface area contributed by atoms with Crippen molar-refractivity contribution >= 4 is 43.1 Å². The fourth-order valence-electron chi connectivity index (χ4n) is 8.38. The highest BCUT2D eigenvalue weighted by Crippen LogP contribution is 2.49. The minimum atomic E-state index is -0.0106. The Balaban J connectivity index is 1.04. The third-order valence-corrected chi connectivity index (χ3v) is 11.0. The van der Waals surface area contributed by atoms with Gasteiger partial charge in [-0.15, -0.1) is 0 Å². The van der Waals surface area contributed by atoms with Crippen molar-refractivity contribution in [1.82, 2.24) is 0 Å². The van der Waals surface area contributed by atoms with Crippen molar-refractivity contribution in [3.05, 3.63) is 181 Å². The number of benzene rings is 9. The summed E-state index contributed by atoms with van der Waals surface area (Å²) in [5.74, 6) is 0. The summed E-state index contributed by atoms with van der Waals surface area (Å²) in [6.07, 6.45) is 0. The van der Waals surface area contributed by atoms with Crippen LogP contribution in [0.4, 0.5) is 0 Å². The molecule has 0 amide bonds. The van der Waals surface area contributed by atoms with Crippen LogP contribution in [0.3, 0.4) is 0 Å². The molecule has 0 heterocycles. The van der Waals surface area contributed by atoms with Crippen molar-refractivity contribution in [2.75, 3.05) is 0 Å². The van der Waals surface area contributed by atoms with E-state index in [1.807, 2.05) is 0 Å². The van der Waals surface area contributed by atoms with Gasteiger partial charge in [0.05, 0.1) is 0 Å². The van der Waals surface area contributed by atoms with Gasteiger partial charge in [-0.25, -0.2) is 0 Å². The molecule has 0 atom stereocenters. The van der Waals surface area contributed by atoms with E-state index >= 15 is 0 Å². The SMILES string of the molecule is CC1(C)c2ccccc2-c2ccc(-c3ccc4ccc(-c5ccc6ccc(-c7cc8ccccc8c8ccccc78)cc6c5)cc4c3)cc21. The first-order chi connectivity index (χ1) is 24.0. The molecular formula is C49H34. The molecule has 0 N–H and O–H groups in total. The van der Waals surface area contributed by atoms with Crippen LogP contribution < -0.4 is 0 Å². The quantitative estimate of drug-likeness (QED) is 0.172. The summed E-state index contributed by atoms with van der Waals surface area (Å²) in [7, 11) is 0. The average Bonchev–Trinajstić information content (AvgIpc) is 3.39. The number of hydrogen-bond acceptors (Lipinski definition) is 0. The van der Waals surface area contributed by atoms with Crippen molar-refractivity contribution in [1.29, 1.82) is 0 Å². The van der Waals surface area contributed by atoms with Crippen molar-refractivity contribution in [2.24, 2.45) is 0 Å². The third kappa shape index (κ3) is 4.38. The average molecular weight is 623 g/mol. The molecule has 10 rings (SSSR count). The van der Waals surface area contributed by atoms with Crippen molar-refractivity contribution in [3.8, 4) is 44.5 Å². The molecule has 9 aromatic carbocycles. The Hall–Kier alpha value is -5.98. The molecule has 0 radical (unpaired) electrons. The predicted molar refractivity (Wildman–Crippen MR) is 210 cm³/mol. The maximum absolute atomic E-state index is 2.42. The van der Waals surface area contributed by atoms with Crippen LogP contribution in [-0.2, 0) is 5.41 Å². The standard InChI is InChI=1S/C49H34/c1-49(2)47-14-8-7-13-44(47)45-24-23-36(30-48(45)49)35-21-17-31-15-19-33(25-39(31)27-35)34-20-16-32-18-22-38(28-40(32)26-34)46-29-37-9-3-4-10-41(37)42-11-5-6-12-43(42)46/h3-30H,1-2H3. The van der Waals surface area contributed by atoms with Crippen LogP contribution in [-0.4, -0.2) is 0 Å². The summed E-state index contributed by atoms with van der Waals surface area (Å²) >= 11 is 0. The molecule has 1 aliphatic carbocycles. The molecule has 9 aromatic rings. The molecule has 0 aromatic heterocycles. The highest BCUT2D eigenvalue weighted by Gasteiger charge is 2.35. The van der Waals surface area contributed by atoms with Gasteiger partial charge in [0.15, 0.2) is 0 Å². The fourth-order valence-corrected chi connectivity index (χ4v) is 8.38. The van der Waals surface area contributed by atoms with Gasteiger partial charge >= 0.3 is 0 Å². The maximum atomic E-state index is 2.42. The van der Waals surface area contributed by atoms with Gasteiger partial charge in [0.25, 0.3) is 0 Å². The lowest BCUT2D eigenvalue weighted by Gasteiger charge is -2.22. The Labute approximate surface area is 286 Å². The summed E-state index contributed by atoms with van der Waals surface area (Å²) in [5.41, 5.74) is 13.1. The molecule has 0 heteroatoms. The van der Waals surface area contributed by atoms with E-state index in [9.17, 15) is 0 Å². The van der Waals surface area contributed by atoms with Gasteiger partial charge < -0.3 is 0 Å². The van der Waals surface area contributed by atoms with Crippen LogP contribution in [0.15, 0.2) is 170 Å². The van der Waals surface area contributed by atoms with Gasteiger partial charge in [-0.2, -0.15) is 0 Å². The molecule has 0 aliphatic heterocycles. The number of fused-ring (bicyclic) bond motifs is 8. The molecule has 0 saturated heterocycles. The monoisotopic (exact) mass is 622 g/mol. The summed E-state index contributed by atoms with van der Waals surface area (Å²) in [4.78, 5) is 0. The molecule has 0 nitrogen and oxygen atoms in total. The zero-order valence-electron chi connectivity index (χ0n) is 27.7. The van der Waals surface area contributed by atoms with Gasteiger partial charge in [0.2, 0.25) is 0 Å². The third-order valence-electron chi connectivity index (χ3n) is 11.0. The van der Waals surface area contributed by atoms with Gasteiger partial charge in [-0.05, 0) is 135 Å². The van der Waals surface area contributed by atoms with Crippen molar-refractivity contribution in [3.63, 3.8) is 0 Å². The topological polar surface area (TPSA) is 0 Å². The smallest absolute Gasteiger partial charge is 0.0159 e. The minimum Gasteiger partial charge on any atom is -0.0619 e. The molecule has 49 heavy (non-hydrogen) atoms. The van der Waals surface area contributed by atoms with Gasteiger partial charge in [-0.3, -0.25) is 0 Å². The highest BCUT2D eigenvalue weighted by atomic mass is 14.4. The van der Waals surface area contributed by atoms with Gasteiger partial charge in [-0.1, -0.05) is 147 Å². The molecule has 230 valence electrons. The summed E-state index contributed by atoms with van der Waals surface area (Å²) in [6.45, 7) is 4.70. The molecule has 0 saturated carbocycles. The lowest BCUT2D eigenvalue weighted by atomic mass is 9.81. The molecule has 0 spiro atoms. The van der Waals surface area contributed by atoms with E-state index < -0.39 is 0 Å². The molecule has 0 bridgehead atoms. The van der Waals surface area contributed by atoms with E-state index in [0.717, 1.165) is 0 Å². The van der Waals surface area contributed by atoms with Crippen LogP contribution in [0.5, 0.6) is 0 Å². The summed E-state index contributed by atoms with van der Waals surface area (Å²) < 4.78 is 0. The molecule has 0 fully saturated rings. The first-order valence-electron chi connectivity index (χ1n) is 17.2. The van der Waals surface area contributed by atoms with E-state index in [1.54, 1.807) is 0 Å². The Bertz CT molecular complexity index is 2800. The summed E-state index contributed by atoms with van der Waals surface area (Å²) in [5, 5.41) is 10.2. The van der Waals surface area contributed by atoms with Crippen LogP contribution in [0.25, 0.3) is 87.6 Å². The summed E-state index contributed by atoms with van der Waals surface area (Å²) in [6, 6.07) is 63.3. The van der Waals surface area contributed by atoms with Crippen LogP contribution in [0, 0.1) is 0 Å². The minimum absolute atomic E-state index is 0.0106. The van der Waals surface area contributed by atoms with E-state index in [1.165, 1.54) is 98.7 Å². The predicted octanol–water partition coefficient (Wildman–Crippen LogP) is 13.6. The molecule has 0 unspecified atom stereocenters. The maximum Gasteiger partial charge on any atom is 0.0159 e. The second-order valence-corrected chi connectivity index (χ2v) is 14.2. The van der Waals surface area contributed by atoms with Crippen molar-refractivity contribution < 1.29 is 0 Å². The van der Waals surface area contributed by atoms with E-state index in [-0.39, 0.29) is 5.41 Å². The first-order valence-corrected chi connectivity index (χ1v) is 17.2. The second kappa shape index (κ2) is 10.5. The Morgan fingerprint density at radius 3 is 1.47 bits per heavy atom. The highest BCUT2D eigenvalue weighted by molar-refractivity contribution is 6.14. The van der Waals surface area contributed by atoms with E-state index in [0.29, 0.717) is 0 Å². The first kappa shape index (κ1) is 28.1. The van der Waals surface area contributed by atoms with Gasteiger partial charge in [0.1, 0.15) is 0 Å². The molecular weight excluding hydrogens is 589 g/mol. The zero-order chi connectivity index (χ0) is 32.7. The van der Waals surface area contributed by atoms with Crippen LogP contribution in [0.1, 0.15) is 25.0 Å². The number of rotatable bonds is 3. The lowest BCUT2D eigenvalue weighted by Crippen LogP contribution is -2.14. The Morgan fingerprint density at radius 2 is 0.776 bits per heavy atom. The second-order valence-electron chi connectivity index (χ2n) is 14.2. The molecule has 1 aliphatic rings. The zero-order valence-corrected chi connectivity index (χ0v) is 27.7. The van der Waals surface area contributed by atoms with Crippen LogP contribution >= 0.6 is 0 Å². The fraction of sp³-hybridized carbons (Fsp3) is 0.0612. The van der Waals surface area contributed by atoms with Gasteiger partial charge in [0, 0.05) is 5.41 Å². The Morgan fingerprint density at radius 1 is 0.286 bits per heavy atom. The van der Waals surface area contributed by atoms with E-state index in [4.69, 9.17) is 0 Å². The normalized spacial score (nSPS) is 13.3. The number of hydrogen-bond donors (Lipinski definition) is 0.